The topological polar surface area (TPSA) is 134 Å². The summed E-state index contributed by atoms with van der Waals surface area (Å²) in [6.07, 6.45) is 4.96. The molecule has 38 heavy (non-hydrogen) atoms. The van der Waals surface area contributed by atoms with Gasteiger partial charge in [-0.1, -0.05) is 30.3 Å². The summed E-state index contributed by atoms with van der Waals surface area (Å²) in [6.45, 7) is 10.8. The summed E-state index contributed by atoms with van der Waals surface area (Å²) in [5, 5.41) is 18.2. The van der Waals surface area contributed by atoms with Gasteiger partial charge in [-0.05, 0) is 68.4 Å². The third kappa shape index (κ3) is 5.76. The molecule has 1 aromatic carbocycles. The van der Waals surface area contributed by atoms with Gasteiger partial charge in [-0.15, -0.1) is 15.9 Å². The molecule has 0 fully saturated rings. The molecule has 206 valence electrons. The summed E-state index contributed by atoms with van der Waals surface area (Å²) in [4.78, 5) is 16.9. The van der Waals surface area contributed by atoms with Crippen LogP contribution < -0.4 is 0 Å². The monoisotopic (exact) mass is 543 g/mol. The van der Waals surface area contributed by atoms with E-state index in [4.69, 9.17) is 4.74 Å². The number of hydrogen-bond acceptors (Lipinski definition) is 8. The molecule has 1 aliphatic rings. The first kappa shape index (κ1) is 28.2. The van der Waals surface area contributed by atoms with Gasteiger partial charge in [-0.2, -0.15) is 4.31 Å². The van der Waals surface area contributed by atoms with Crippen molar-refractivity contribution < 1.29 is 23.7 Å². The fourth-order valence-corrected chi connectivity index (χ4v) is 6.55. The Hall–Kier alpha value is -2.83. The number of rotatable bonds is 9. The number of fused-ring (bicyclic) bond motifs is 1. The minimum Gasteiger partial charge on any atom is -0.481 e. The second-order valence-corrected chi connectivity index (χ2v) is 12.6. The number of hydrogen-bond donors (Lipinski definition) is 3. The number of carboxylic acids is 1. The Bertz CT molecular complexity index is 1290. The molecule has 3 N–H and O–H groups in total. The number of carboxylic acid groups (broad SMARTS) is 1. The Kier molecular flexibility index (Phi) is 8.24. The first-order valence-corrected chi connectivity index (χ1v) is 14.2. The first-order chi connectivity index (χ1) is 17.9. The summed E-state index contributed by atoms with van der Waals surface area (Å²) in [6, 6.07) is 7.57. The maximum Gasteiger partial charge on any atom is 0.312 e. The minimum atomic E-state index is -3.26. The van der Waals surface area contributed by atoms with Crippen molar-refractivity contribution in [1.29, 1.82) is 0 Å². The molecule has 2 unspecified atom stereocenters. The smallest absolute Gasteiger partial charge is 0.312 e. The fraction of sp³-hybridized carbons (Fsp3) is 0.481. The predicted octanol–water partition coefficient (Wildman–Crippen LogP) is 5.09. The lowest BCUT2D eigenvalue weighted by atomic mass is 9.81. The normalized spacial score (nSPS) is 19.4. The third-order valence-corrected chi connectivity index (χ3v) is 9.10. The quantitative estimate of drug-likeness (QED) is 0.337. The van der Waals surface area contributed by atoms with E-state index in [1.807, 2.05) is 38.1 Å². The molecule has 1 aliphatic heterocycles. The molecule has 0 spiro atoms. The molecular weight excluding hydrogens is 506 g/mol. The van der Waals surface area contributed by atoms with Crippen LogP contribution in [0.2, 0.25) is 0 Å². The molecule has 10 nitrogen and oxygen atoms in total. The highest BCUT2D eigenvalue weighted by Gasteiger charge is 2.40. The van der Waals surface area contributed by atoms with Gasteiger partial charge in [0.15, 0.2) is 0 Å². The predicted molar refractivity (Wildman–Crippen MR) is 144 cm³/mol. The van der Waals surface area contributed by atoms with E-state index in [2.05, 4.69) is 22.2 Å². The maximum absolute atomic E-state index is 12.3. The lowest BCUT2D eigenvalue weighted by molar-refractivity contribution is -0.158. The van der Waals surface area contributed by atoms with Crippen LogP contribution in [0.1, 0.15) is 61.7 Å². The van der Waals surface area contributed by atoms with Gasteiger partial charge in [0, 0.05) is 25.8 Å². The van der Waals surface area contributed by atoms with Crippen LogP contribution in [-0.2, 0) is 35.6 Å². The molecule has 0 aliphatic carbocycles. The highest BCUT2D eigenvalue weighted by atomic mass is 32.3. The van der Waals surface area contributed by atoms with Gasteiger partial charge in [-0.25, -0.2) is 0 Å². The molecule has 3 aromatic rings. The standard InChI is InChI=1S/C27H37N5O5S/c1-6-31-16-23(29-30-31)17-37-25(27(4,5)26(33)34)21-8-7-19(3)22(12-21)15-32-14-18(2)11-20-9-10-28-13-24(20)38(32,35)36/h7-10,12-13,16,18,25,35-36H,6,11,14-15,17H2,1-5H3,(H,33,34). The van der Waals surface area contributed by atoms with Gasteiger partial charge >= 0.3 is 5.97 Å². The van der Waals surface area contributed by atoms with Crippen molar-refractivity contribution in [3.8, 4) is 0 Å². The van der Waals surface area contributed by atoms with E-state index in [0.29, 0.717) is 29.2 Å². The Labute approximate surface area is 225 Å². The van der Waals surface area contributed by atoms with Crippen LogP contribution >= 0.6 is 10.8 Å². The zero-order valence-corrected chi connectivity index (χ0v) is 23.4. The van der Waals surface area contributed by atoms with E-state index in [9.17, 15) is 19.0 Å². The lowest BCUT2D eigenvalue weighted by Crippen LogP contribution is -2.33. The number of ether oxygens (including phenoxy) is 1. The average molecular weight is 544 g/mol. The Balaban J connectivity index is 1.66. The van der Waals surface area contributed by atoms with Crippen LogP contribution in [0.3, 0.4) is 0 Å². The van der Waals surface area contributed by atoms with Crippen molar-refractivity contribution >= 4 is 16.7 Å². The number of aliphatic carboxylic acids is 1. The minimum absolute atomic E-state index is 0.110. The van der Waals surface area contributed by atoms with Gasteiger partial charge in [0.05, 0.1) is 35.4 Å². The number of aromatic nitrogens is 4. The number of nitrogens with zero attached hydrogens (tertiary/aromatic N) is 5. The highest BCUT2D eigenvalue weighted by molar-refractivity contribution is 8.22. The second kappa shape index (κ2) is 11.1. The first-order valence-electron chi connectivity index (χ1n) is 12.7. The van der Waals surface area contributed by atoms with E-state index in [-0.39, 0.29) is 19.1 Å². The number of pyridine rings is 1. The highest BCUT2D eigenvalue weighted by Crippen LogP contribution is 2.55. The zero-order chi connectivity index (χ0) is 27.7. The Morgan fingerprint density at radius 2 is 2.05 bits per heavy atom. The maximum atomic E-state index is 12.3. The van der Waals surface area contributed by atoms with Crippen LogP contribution in [-0.4, -0.2) is 51.0 Å². The van der Waals surface area contributed by atoms with E-state index in [1.54, 1.807) is 41.4 Å². The van der Waals surface area contributed by atoms with E-state index in [0.717, 1.165) is 23.1 Å². The van der Waals surface area contributed by atoms with Crippen molar-refractivity contribution in [2.75, 3.05) is 6.54 Å². The molecule has 0 amide bonds. The van der Waals surface area contributed by atoms with Gasteiger partial charge in [0.2, 0.25) is 0 Å². The fourth-order valence-electron chi connectivity index (χ4n) is 4.79. The molecule has 0 radical (unpaired) electrons. The zero-order valence-electron chi connectivity index (χ0n) is 22.5. The molecule has 0 saturated carbocycles. The van der Waals surface area contributed by atoms with Crippen molar-refractivity contribution in [3.63, 3.8) is 0 Å². The number of carbonyl (C=O) groups is 1. The number of benzene rings is 1. The van der Waals surface area contributed by atoms with Gasteiger partial charge in [-0.3, -0.25) is 23.6 Å². The van der Waals surface area contributed by atoms with Crippen molar-refractivity contribution in [1.82, 2.24) is 24.3 Å². The van der Waals surface area contributed by atoms with Crippen molar-refractivity contribution in [2.24, 2.45) is 11.3 Å². The van der Waals surface area contributed by atoms with Crippen molar-refractivity contribution in [2.45, 2.75) is 71.7 Å². The van der Waals surface area contributed by atoms with E-state index in [1.165, 1.54) is 0 Å². The lowest BCUT2D eigenvalue weighted by Gasteiger charge is -2.43. The van der Waals surface area contributed by atoms with Crippen LogP contribution in [0, 0.1) is 18.3 Å². The summed E-state index contributed by atoms with van der Waals surface area (Å²) in [5.74, 6) is -0.784. The molecule has 0 bridgehead atoms. The van der Waals surface area contributed by atoms with Gasteiger partial charge in [0.1, 0.15) is 5.69 Å². The summed E-state index contributed by atoms with van der Waals surface area (Å²) in [7, 11) is -3.26. The van der Waals surface area contributed by atoms with Gasteiger partial charge in [0.25, 0.3) is 0 Å². The third-order valence-electron chi connectivity index (χ3n) is 7.15. The van der Waals surface area contributed by atoms with Gasteiger partial charge < -0.3 is 9.84 Å². The number of aryl methyl sites for hydroxylation is 2. The molecule has 2 atom stereocenters. The van der Waals surface area contributed by atoms with Crippen LogP contribution in [0.4, 0.5) is 0 Å². The largest absolute Gasteiger partial charge is 0.481 e. The molecule has 11 heteroatoms. The second-order valence-electron chi connectivity index (χ2n) is 10.6. The van der Waals surface area contributed by atoms with Crippen molar-refractivity contribution in [3.05, 3.63) is 70.8 Å². The molecule has 4 rings (SSSR count). The van der Waals surface area contributed by atoms with E-state index < -0.39 is 28.3 Å². The molecular formula is C27H37N5O5S. The summed E-state index contributed by atoms with van der Waals surface area (Å²) < 4.78 is 32.3. The Morgan fingerprint density at radius 1 is 1.29 bits per heavy atom. The van der Waals surface area contributed by atoms with Crippen LogP contribution in [0.5, 0.6) is 0 Å². The SMILES string of the molecule is CCn1cc(COC(c2ccc(C)c(CN3CC(C)Cc4ccncc4S3(O)O)c2)C(C)(C)C(=O)O)nn1. The summed E-state index contributed by atoms with van der Waals surface area (Å²) >= 11 is 0. The van der Waals surface area contributed by atoms with Crippen LogP contribution in [0.15, 0.2) is 47.8 Å². The molecule has 0 saturated heterocycles. The van der Waals surface area contributed by atoms with Crippen LogP contribution in [0.25, 0.3) is 0 Å². The van der Waals surface area contributed by atoms with E-state index >= 15 is 0 Å². The molecule has 2 aromatic heterocycles. The summed E-state index contributed by atoms with van der Waals surface area (Å²) in [5.41, 5.74) is 2.81. The average Bonchev–Trinajstić information content (AvgIpc) is 3.30. The Morgan fingerprint density at radius 3 is 2.74 bits per heavy atom. The molecule has 3 heterocycles.